The summed E-state index contributed by atoms with van der Waals surface area (Å²) >= 11 is 9.32. The monoisotopic (exact) mass is 371 g/mol. The van der Waals surface area contributed by atoms with Crippen LogP contribution >= 0.6 is 27.5 Å². The minimum atomic E-state index is -0.280. The summed E-state index contributed by atoms with van der Waals surface area (Å²) < 4.78 is 20.1. The fourth-order valence-electron chi connectivity index (χ4n) is 1.78. The lowest BCUT2D eigenvalue weighted by Gasteiger charge is -2.14. The molecule has 0 atom stereocenters. The quantitative estimate of drug-likeness (QED) is 0.745. The van der Waals surface area contributed by atoms with E-state index in [0.717, 1.165) is 10.0 Å². The summed E-state index contributed by atoms with van der Waals surface area (Å²) in [6, 6.07) is 10.1. The normalized spacial score (nSPS) is 11.0. The third-order valence-electron chi connectivity index (χ3n) is 2.84. The number of hydrogen-bond donors (Lipinski definition) is 1. The molecule has 0 aliphatic carbocycles. The summed E-state index contributed by atoms with van der Waals surface area (Å²) in [5.41, 5.74) is 0.769. The van der Waals surface area contributed by atoms with E-state index in [1.807, 2.05) is 13.8 Å². The molecule has 112 valence electrons. The van der Waals surface area contributed by atoms with Gasteiger partial charge in [-0.2, -0.15) is 0 Å². The van der Waals surface area contributed by atoms with E-state index in [1.54, 1.807) is 24.3 Å². The summed E-state index contributed by atoms with van der Waals surface area (Å²) in [6.07, 6.45) is 0. The van der Waals surface area contributed by atoms with E-state index in [9.17, 15) is 4.39 Å². The van der Waals surface area contributed by atoms with E-state index in [-0.39, 0.29) is 5.82 Å². The van der Waals surface area contributed by atoms with Crippen LogP contribution < -0.4 is 10.1 Å². The second-order valence-corrected chi connectivity index (χ2v) is 6.26. The van der Waals surface area contributed by atoms with Crippen molar-refractivity contribution in [2.24, 2.45) is 0 Å². The number of hydrogen-bond acceptors (Lipinski definition) is 2. The maximum absolute atomic E-state index is 13.4. The minimum Gasteiger partial charge on any atom is -0.456 e. The van der Waals surface area contributed by atoms with Crippen LogP contribution in [0.4, 0.5) is 4.39 Å². The molecule has 2 rings (SSSR count). The lowest BCUT2D eigenvalue weighted by atomic mass is 10.2. The molecular weight excluding hydrogens is 357 g/mol. The van der Waals surface area contributed by atoms with Crippen molar-refractivity contribution in [3.8, 4) is 11.5 Å². The standard InChI is InChI=1S/C16H16BrClFNO/c1-10(2)20-9-11-7-13(19)4-6-15(11)21-16-5-3-12(18)8-14(16)17/h3-8,10,20H,9H2,1-2H3. The molecule has 0 aromatic heterocycles. The van der Waals surface area contributed by atoms with E-state index >= 15 is 0 Å². The van der Waals surface area contributed by atoms with Crippen molar-refractivity contribution in [2.45, 2.75) is 26.4 Å². The van der Waals surface area contributed by atoms with E-state index in [4.69, 9.17) is 16.3 Å². The maximum atomic E-state index is 13.4. The average Bonchev–Trinajstić information content (AvgIpc) is 2.41. The molecule has 0 saturated heterocycles. The number of benzene rings is 2. The Morgan fingerprint density at radius 2 is 1.90 bits per heavy atom. The number of ether oxygens (including phenoxy) is 1. The summed E-state index contributed by atoms with van der Waals surface area (Å²) in [5.74, 6) is 0.974. The predicted octanol–water partition coefficient (Wildman–Crippen LogP) is 5.53. The summed E-state index contributed by atoms with van der Waals surface area (Å²) in [4.78, 5) is 0. The zero-order chi connectivity index (χ0) is 15.4. The molecule has 0 amide bonds. The second-order valence-electron chi connectivity index (χ2n) is 4.96. The molecule has 0 heterocycles. The maximum Gasteiger partial charge on any atom is 0.141 e. The van der Waals surface area contributed by atoms with Crippen molar-refractivity contribution in [3.05, 3.63) is 57.3 Å². The van der Waals surface area contributed by atoms with Crippen LogP contribution in [0.15, 0.2) is 40.9 Å². The van der Waals surface area contributed by atoms with Crippen LogP contribution in [0.2, 0.25) is 5.02 Å². The van der Waals surface area contributed by atoms with E-state index in [2.05, 4.69) is 21.2 Å². The van der Waals surface area contributed by atoms with Gasteiger partial charge in [0.25, 0.3) is 0 Å². The Bertz CT molecular complexity index is 634. The highest BCUT2D eigenvalue weighted by Gasteiger charge is 2.10. The first-order chi connectivity index (χ1) is 9.95. The van der Waals surface area contributed by atoms with Crippen molar-refractivity contribution < 1.29 is 9.13 Å². The van der Waals surface area contributed by atoms with Gasteiger partial charge in [0.15, 0.2) is 0 Å². The molecule has 2 nitrogen and oxygen atoms in total. The number of nitrogens with one attached hydrogen (secondary N) is 1. The van der Waals surface area contributed by atoms with Crippen molar-refractivity contribution in [3.63, 3.8) is 0 Å². The van der Waals surface area contributed by atoms with Crippen molar-refractivity contribution in [1.82, 2.24) is 5.32 Å². The van der Waals surface area contributed by atoms with Gasteiger partial charge >= 0.3 is 0 Å². The van der Waals surface area contributed by atoms with Crippen molar-refractivity contribution in [1.29, 1.82) is 0 Å². The Morgan fingerprint density at radius 1 is 1.19 bits per heavy atom. The summed E-state index contributed by atoms with van der Waals surface area (Å²) in [6.45, 7) is 4.61. The molecule has 2 aromatic rings. The molecule has 0 unspecified atom stereocenters. The van der Waals surface area contributed by atoms with Crippen LogP contribution in [0.3, 0.4) is 0 Å². The summed E-state index contributed by atoms with van der Waals surface area (Å²) in [5, 5.41) is 3.88. The molecule has 0 saturated carbocycles. The SMILES string of the molecule is CC(C)NCc1cc(F)ccc1Oc1ccc(Cl)cc1Br. The third-order valence-corrected chi connectivity index (χ3v) is 3.69. The van der Waals surface area contributed by atoms with Crippen molar-refractivity contribution in [2.75, 3.05) is 0 Å². The van der Waals surface area contributed by atoms with E-state index in [0.29, 0.717) is 29.1 Å². The largest absolute Gasteiger partial charge is 0.456 e. The Balaban J connectivity index is 2.26. The van der Waals surface area contributed by atoms with Gasteiger partial charge in [0, 0.05) is 23.2 Å². The average molecular weight is 373 g/mol. The van der Waals surface area contributed by atoms with Gasteiger partial charge < -0.3 is 10.1 Å². The van der Waals surface area contributed by atoms with Gasteiger partial charge in [0.05, 0.1) is 4.47 Å². The highest BCUT2D eigenvalue weighted by atomic mass is 79.9. The molecule has 0 aliphatic heterocycles. The van der Waals surface area contributed by atoms with Crippen LogP contribution in [0.1, 0.15) is 19.4 Å². The molecule has 1 N–H and O–H groups in total. The van der Waals surface area contributed by atoms with Crippen LogP contribution in [0.5, 0.6) is 11.5 Å². The van der Waals surface area contributed by atoms with Crippen LogP contribution in [0.25, 0.3) is 0 Å². The van der Waals surface area contributed by atoms with Gasteiger partial charge in [-0.15, -0.1) is 0 Å². The highest BCUT2D eigenvalue weighted by molar-refractivity contribution is 9.10. The predicted molar refractivity (Wildman–Crippen MR) is 87.6 cm³/mol. The molecule has 21 heavy (non-hydrogen) atoms. The Labute approximate surface area is 137 Å². The Kier molecular flexibility index (Phi) is 5.62. The van der Waals surface area contributed by atoms with Gasteiger partial charge in [-0.1, -0.05) is 25.4 Å². The molecule has 0 aliphatic rings. The Morgan fingerprint density at radius 3 is 2.57 bits per heavy atom. The minimum absolute atomic E-state index is 0.280. The van der Waals surface area contributed by atoms with Crippen LogP contribution in [-0.4, -0.2) is 6.04 Å². The fourth-order valence-corrected chi connectivity index (χ4v) is 2.54. The molecule has 5 heteroatoms. The van der Waals surface area contributed by atoms with E-state index < -0.39 is 0 Å². The number of halogens is 3. The second kappa shape index (κ2) is 7.25. The number of rotatable bonds is 5. The molecule has 0 radical (unpaired) electrons. The van der Waals surface area contributed by atoms with Crippen LogP contribution in [0, 0.1) is 5.82 Å². The first-order valence-electron chi connectivity index (χ1n) is 6.60. The van der Waals surface area contributed by atoms with Gasteiger partial charge in [-0.25, -0.2) is 4.39 Å². The molecule has 0 bridgehead atoms. The van der Waals surface area contributed by atoms with Gasteiger partial charge in [0.1, 0.15) is 17.3 Å². The topological polar surface area (TPSA) is 21.3 Å². The van der Waals surface area contributed by atoms with E-state index in [1.165, 1.54) is 12.1 Å². The first-order valence-corrected chi connectivity index (χ1v) is 7.77. The highest BCUT2D eigenvalue weighted by Crippen LogP contribution is 2.33. The van der Waals surface area contributed by atoms with Gasteiger partial charge in [-0.05, 0) is 52.3 Å². The first kappa shape index (κ1) is 16.3. The molecule has 0 fully saturated rings. The van der Waals surface area contributed by atoms with Gasteiger partial charge in [-0.3, -0.25) is 0 Å². The lowest BCUT2D eigenvalue weighted by molar-refractivity contribution is 0.464. The molecule has 0 spiro atoms. The molecule has 2 aromatic carbocycles. The Hall–Kier alpha value is -1.10. The van der Waals surface area contributed by atoms with Crippen molar-refractivity contribution >= 4 is 27.5 Å². The third kappa shape index (κ3) is 4.70. The zero-order valence-corrected chi connectivity index (χ0v) is 14.1. The zero-order valence-electron chi connectivity index (χ0n) is 11.8. The summed E-state index contributed by atoms with van der Waals surface area (Å²) in [7, 11) is 0. The smallest absolute Gasteiger partial charge is 0.141 e. The fraction of sp³-hybridized carbons (Fsp3) is 0.250. The molecular formula is C16H16BrClFNO. The van der Waals surface area contributed by atoms with Crippen LogP contribution in [-0.2, 0) is 6.54 Å². The van der Waals surface area contributed by atoms with Gasteiger partial charge in [0.2, 0.25) is 0 Å². The lowest BCUT2D eigenvalue weighted by Crippen LogP contribution is -2.22.